The van der Waals surface area contributed by atoms with Gasteiger partial charge in [0.1, 0.15) is 17.6 Å². The molecule has 0 radical (unpaired) electrons. The molecule has 2 rings (SSSR count). The lowest BCUT2D eigenvalue weighted by Gasteiger charge is -2.06. The monoisotopic (exact) mass is 182 g/mol. The van der Waals surface area contributed by atoms with Crippen LogP contribution in [-0.2, 0) is 4.74 Å². The highest BCUT2D eigenvalue weighted by Gasteiger charge is 2.31. The van der Waals surface area contributed by atoms with Crippen molar-refractivity contribution in [2.24, 2.45) is 0 Å². The van der Waals surface area contributed by atoms with Crippen LogP contribution in [0.25, 0.3) is 0 Å². The van der Waals surface area contributed by atoms with Crippen LogP contribution in [0.15, 0.2) is 15.3 Å². The molecule has 0 N–H and O–H groups in total. The summed E-state index contributed by atoms with van der Waals surface area (Å²) < 4.78 is 15.1. The Morgan fingerprint density at radius 2 is 2.31 bits per heavy atom. The van der Waals surface area contributed by atoms with E-state index in [9.17, 15) is 4.79 Å². The summed E-state index contributed by atoms with van der Waals surface area (Å²) in [6, 6.07) is 1.34. The SMILES string of the molecule is COc1cc(=O)oc(C)c1C1CO1. The average Bonchev–Trinajstić information content (AvgIpc) is 2.86. The number of ether oxygens (including phenoxy) is 2. The number of methoxy groups -OCH3 is 1. The fraction of sp³-hybridized carbons (Fsp3) is 0.444. The molecule has 0 aliphatic carbocycles. The zero-order valence-corrected chi connectivity index (χ0v) is 7.49. The standard InChI is InChI=1S/C9H10O4/c1-5-9(7-4-12-7)6(11-2)3-8(10)13-5/h3,7H,4H2,1-2H3. The molecule has 1 unspecified atom stereocenters. The second-order valence-corrected chi connectivity index (χ2v) is 2.93. The molecule has 4 heteroatoms. The van der Waals surface area contributed by atoms with Crippen LogP contribution < -0.4 is 10.4 Å². The second kappa shape index (κ2) is 2.88. The van der Waals surface area contributed by atoms with Crippen molar-refractivity contribution < 1.29 is 13.9 Å². The van der Waals surface area contributed by atoms with Gasteiger partial charge in [-0.2, -0.15) is 0 Å². The van der Waals surface area contributed by atoms with Gasteiger partial charge in [0, 0.05) is 0 Å². The maximum atomic E-state index is 11.0. The zero-order chi connectivity index (χ0) is 9.42. The van der Waals surface area contributed by atoms with Gasteiger partial charge in [0.05, 0.1) is 25.3 Å². The number of aryl methyl sites for hydroxylation is 1. The minimum atomic E-state index is -0.390. The molecule has 13 heavy (non-hydrogen) atoms. The summed E-state index contributed by atoms with van der Waals surface area (Å²) in [7, 11) is 1.53. The molecule has 1 aliphatic rings. The lowest BCUT2D eigenvalue weighted by Crippen LogP contribution is -2.04. The van der Waals surface area contributed by atoms with Gasteiger partial charge in [0.25, 0.3) is 0 Å². The van der Waals surface area contributed by atoms with Crippen LogP contribution in [0.4, 0.5) is 0 Å². The van der Waals surface area contributed by atoms with Gasteiger partial charge in [-0.3, -0.25) is 0 Å². The van der Waals surface area contributed by atoms with Crippen molar-refractivity contribution in [3.8, 4) is 5.75 Å². The Balaban J connectivity index is 2.56. The quantitative estimate of drug-likeness (QED) is 0.641. The third-order valence-corrected chi connectivity index (χ3v) is 2.02. The van der Waals surface area contributed by atoms with Gasteiger partial charge in [0.15, 0.2) is 0 Å². The van der Waals surface area contributed by atoms with E-state index in [0.29, 0.717) is 18.1 Å². The Labute approximate surface area is 75.1 Å². The number of hydrogen-bond donors (Lipinski definition) is 0. The average molecular weight is 182 g/mol. The first-order valence-corrected chi connectivity index (χ1v) is 4.02. The fourth-order valence-electron chi connectivity index (χ4n) is 1.36. The molecule has 0 saturated carbocycles. The van der Waals surface area contributed by atoms with Gasteiger partial charge in [0.2, 0.25) is 0 Å². The van der Waals surface area contributed by atoms with E-state index < -0.39 is 5.63 Å². The predicted molar refractivity (Wildman–Crippen MR) is 45.0 cm³/mol. The number of hydrogen-bond acceptors (Lipinski definition) is 4. The van der Waals surface area contributed by atoms with E-state index in [-0.39, 0.29) is 6.10 Å². The maximum absolute atomic E-state index is 11.0. The highest BCUT2D eigenvalue weighted by atomic mass is 16.6. The van der Waals surface area contributed by atoms with Crippen molar-refractivity contribution in [3.05, 3.63) is 27.8 Å². The highest BCUT2D eigenvalue weighted by molar-refractivity contribution is 5.37. The van der Waals surface area contributed by atoms with Gasteiger partial charge in [-0.05, 0) is 6.92 Å². The Bertz CT molecular complexity index is 376. The molecule has 0 spiro atoms. The second-order valence-electron chi connectivity index (χ2n) is 2.93. The molecule has 70 valence electrons. The summed E-state index contributed by atoms with van der Waals surface area (Å²) in [5.41, 5.74) is 0.459. The van der Waals surface area contributed by atoms with Crippen LogP contribution in [0.3, 0.4) is 0 Å². The van der Waals surface area contributed by atoms with Gasteiger partial charge in [-0.15, -0.1) is 0 Å². The first kappa shape index (κ1) is 8.31. The summed E-state index contributed by atoms with van der Waals surface area (Å²) in [4.78, 5) is 11.0. The first-order chi connectivity index (χ1) is 6.22. The van der Waals surface area contributed by atoms with Gasteiger partial charge in [-0.25, -0.2) is 4.79 Å². The molecule has 1 saturated heterocycles. The van der Waals surface area contributed by atoms with Crippen molar-refractivity contribution in [2.75, 3.05) is 13.7 Å². The number of rotatable bonds is 2. The van der Waals surface area contributed by atoms with E-state index >= 15 is 0 Å². The van der Waals surface area contributed by atoms with Crippen LogP contribution in [0.5, 0.6) is 5.75 Å². The molecule has 4 nitrogen and oxygen atoms in total. The van der Waals surface area contributed by atoms with Crippen LogP contribution in [0, 0.1) is 6.92 Å². The minimum Gasteiger partial charge on any atom is -0.496 e. The summed E-state index contributed by atoms with van der Waals surface area (Å²) in [6.45, 7) is 2.41. The lowest BCUT2D eigenvalue weighted by atomic mass is 10.1. The van der Waals surface area contributed by atoms with Crippen LogP contribution >= 0.6 is 0 Å². The van der Waals surface area contributed by atoms with Crippen LogP contribution in [-0.4, -0.2) is 13.7 Å². The predicted octanol–water partition coefficient (Wildman–Crippen LogP) is 1.03. The van der Waals surface area contributed by atoms with Crippen molar-refractivity contribution in [3.63, 3.8) is 0 Å². The van der Waals surface area contributed by atoms with E-state index in [2.05, 4.69) is 0 Å². The molecule has 1 aromatic heterocycles. The smallest absolute Gasteiger partial charge is 0.339 e. The summed E-state index contributed by atoms with van der Waals surface area (Å²) >= 11 is 0. The molecular weight excluding hydrogens is 172 g/mol. The molecule has 2 heterocycles. The molecule has 0 aromatic carbocycles. The summed E-state index contributed by atoms with van der Waals surface area (Å²) in [5.74, 6) is 1.13. The summed E-state index contributed by atoms with van der Waals surface area (Å²) in [5, 5.41) is 0. The third-order valence-electron chi connectivity index (χ3n) is 2.02. The third kappa shape index (κ3) is 1.45. The van der Waals surface area contributed by atoms with Gasteiger partial charge in [-0.1, -0.05) is 0 Å². The topological polar surface area (TPSA) is 52.0 Å². The van der Waals surface area contributed by atoms with Gasteiger partial charge >= 0.3 is 5.63 Å². The Hall–Kier alpha value is -1.29. The highest BCUT2D eigenvalue weighted by Crippen LogP contribution is 2.37. The number of epoxide rings is 1. The van der Waals surface area contributed by atoms with Crippen LogP contribution in [0.2, 0.25) is 0 Å². The Morgan fingerprint density at radius 1 is 1.62 bits per heavy atom. The van der Waals surface area contributed by atoms with Crippen LogP contribution in [0.1, 0.15) is 17.4 Å². The van der Waals surface area contributed by atoms with Crippen molar-refractivity contribution in [1.29, 1.82) is 0 Å². The van der Waals surface area contributed by atoms with Crippen molar-refractivity contribution in [2.45, 2.75) is 13.0 Å². The fourth-order valence-corrected chi connectivity index (χ4v) is 1.36. The Kier molecular flexibility index (Phi) is 1.84. The van der Waals surface area contributed by atoms with E-state index in [1.165, 1.54) is 13.2 Å². The van der Waals surface area contributed by atoms with E-state index in [1.807, 2.05) is 0 Å². The maximum Gasteiger partial charge on any atom is 0.339 e. The normalized spacial score (nSPS) is 20.0. The first-order valence-electron chi connectivity index (χ1n) is 4.02. The molecular formula is C9H10O4. The molecule has 1 aliphatic heterocycles. The molecule has 1 atom stereocenters. The van der Waals surface area contributed by atoms with Gasteiger partial charge < -0.3 is 13.9 Å². The molecule has 1 fully saturated rings. The Morgan fingerprint density at radius 3 is 2.85 bits per heavy atom. The minimum absolute atomic E-state index is 0.0410. The van der Waals surface area contributed by atoms with E-state index in [0.717, 1.165) is 5.56 Å². The summed E-state index contributed by atoms with van der Waals surface area (Å²) in [6.07, 6.45) is 0.0410. The van der Waals surface area contributed by atoms with E-state index in [4.69, 9.17) is 13.9 Å². The van der Waals surface area contributed by atoms with Crippen molar-refractivity contribution >= 4 is 0 Å². The van der Waals surface area contributed by atoms with Crippen molar-refractivity contribution in [1.82, 2.24) is 0 Å². The molecule has 0 bridgehead atoms. The van der Waals surface area contributed by atoms with E-state index in [1.54, 1.807) is 6.92 Å². The zero-order valence-electron chi connectivity index (χ0n) is 7.49. The lowest BCUT2D eigenvalue weighted by molar-refractivity contribution is 0.361. The molecule has 0 amide bonds. The molecule has 1 aromatic rings. The largest absolute Gasteiger partial charge is 0.496 e.